The molecule has 2 aromatic rings. The Kier molecular flexibility index (Phi) is 5.72. The monoisotopic (exact) mass is 374 g/mol. The molecule has 0 radical (unpaired) electrons. The van der Waals surface area contributed by atoms with Gasteiger partial charge in [-0.05, 0) is 37.7 Å². The third kappa shape index (κ3) is 3.73. The van der Waals surface area contributed by atoms with Crippen molar-refractivity contribution in [3.05, 3.63) is 16.3 Å². The van der Waals surface area contributed by atoms with E-state index in [0.29, 0.717) is 0 Å². The van der Waals surface area contributed by atoms with Crippen LogP contribution in [0.1, 0.15) is 48.9 Å². The van der Waals surface area contributed by atoms with Crippen molar-refractivity contribution in [3.8, 4) is 0 Å². The molecule has 2 aromatic heterocycles. The van der Waals surface area contributed by atoms with Crippen molar-refractivity contribution in [2.45, 2.75) is 52.0 Å². The van der Waals surface area contributed by atoms with Crippen LogP contribution in [0.2, 0.25) is 0 Å². The summed E-state index contributed by atoms with van der Waals surface area (Å²) in [5, 5.41) is 1.34. The SMILES string of the molecule is CCCCN(C)c1nc(CN2CCOCC2)nc2sc3c(c12)CCCC3. The van der Waals surface area contributed by atoms with Gasteiger partial charge in [0.05, 0.1) is 25.1 Å². The van der Waals surface area contributed by atoms with E-state index in [1.165, 1.54) is 54.3 Å². The lowest BCUT2D eigenvalue weighted by molar-refractivity contribution is 0.0331. The number of nitrogens with zero attached hydrogens (tertiary/aromatic N) is 4. The van der Waals surface area contributed by atoms with Crippen LogP contribution < -0.4 is 4.90 Å². The zero-order chi connectivity index (χ0) is 17.9. The summed E-state index contributed by atoms with van der Waals surface area (Å²) < 4.78 is 5.48. The summed E-state index contributed by atoms with van der Waals surface area (Å²) in [6.45, 7) is 7.73. The summed E-state index contributed by atoms with van der Waals surface area (Å²) in [6, 6.07) is 0. The van der Waals surface area contributed by atoms with E-state index in [1.54, 1.807) is 4.88 Å². The van der Waals surface area contributed by atoms with Crippen molar-refractivity contribution in [1.82, 2.24) is 14.9 Å². The normalized spacial score (nSPS) is 18.2. The molecule has 6 heteroatoms. The van der Waals surface area contributed by atoms with Gasteiger partial charge >= 0.3 is 0 Å². The van der Waals surface area contributed by atoms with Gasteiger partial charge in [-0.3, -0.25) is 4.90 Å². The highest BCUT2D eigenvalue weighted by Gasteiger charge is 2.23. The van der Waals surface area contributed by atoms with Crippen LogP contribution in [0.4, 0.5) is 5.82 Å². The second-order valence-corrected chi connectivity index (χ2v) is 8.60. The zero-order valence-corrected chi connectivity index (χ0v) is 16.9. The molecule has 0 bridgehead atoms. The Morgan fingerprint density at radius 3 is 2.77 bits per heavy atom. The van der Waals surface area contributed by atoms with E-state index < -0.39 is 0 Å². The number of ether oxygens (including phenoxy) is 1. The highest BCUT2D eigenvalue weighted by Crippen LogP contribution is 2.39. The lowest BCUT2D eigenvalue weighted by Crippen LogP contribution is -2.36. The van der Waals surface area contributed by atoms with E-state index in [1.807, 2.05) is 11.3 Å². The van der Waals surface area contributed by atoms with E-state index in [4.69, 9.17) is 14.7 Å². The fourth-order valence-corrected chi connectivity index (χ4v) is 5.26. The molecule has 0 saturated carbocycles. The third-order valence-corrected chi connectivity index (χ3v) is 6.70. The quantitative estimate of drug-likeness (QED) is 0.772. The Labute approximate surface area is 160 Å². The summed E-state index contributed by atoms with van der Waals surface area (Å²) in [6.07, 6.45) is 7.43. The first kappa shape index (κ1) is 18.1. The summed E-state index contributed by atoms with van der Waals surface area (Å²) in [5.41, 5.74) is 1.53. The molecule has 5 nitrogen and oxygen atoms in total. The summed E-state index contributed by atoms with van der Waals surface area (Å²) in [5.74, 6) is 2.13. The second kappa shape index (κ2) is 8.19. The molecule has 3 heterocycles. The van der Waals surface area contributed by atoms with Crippen LogP contribution in [0, 0.1) is 0 Å². The highest BCUT2D eigenvalue weighted by atomic mass is 32.1. The van der Waals surface area contributed by atoms with Gasteiger partial charge in [-0.25, -0.2) is 9.97 Å². The van der Waals surface area contributed by atoms with Crippen LogP contribution in [0.25, 0.3) is 10.2 Å². The Morgan fingerprint density at radius 1 is 1.15 bits per heavy atom. The number of hydrogen-bond donors (Lipinski definition) is 0. The van der Waals surface area contributed by atoms with Gasteiger partial charge in [0.1, 0.15) is 16.5 Å². The van der Waals surface area contributed by atoms with Crippen molar-refractivity contribution in [3.63, 3.8) is 0 Å². The number of aromatic nitrogens is 2. The first-order valence-electron chi connectivity index (χ1n) is 10.1. The molecular weight excluding hydrogens is 344 g/mol. The molecule has 1 saturated heterocycles. The van der Waals surface area contributed by atoms with Crippen LogP contribution in [0.3, 0.4) is 0 Å². The Bertz CT molecular complexity index is 754. The molecule has 142 valence electrons. The van der Waals surface area contributed by atoms with Crippen molar-refractivity contribution < 1.29 is 4.74 Å². The summed E-state index contributed by atoms with van der Waals surface area (Å²) in [7, 11) is 2.20. The maximum absolute atomic E-state index is 5.48. The van der Waals surface area contributed by atoms with Crippen LogP contribution in [0.5, 0.6) is 0 Å². The van der Waals surface area contributed by atoms with Crippen molar-refractivity contribution in [2.75, 3.05) is 44.8 Å². The average molecular weight is 375 g/mol. The maximum Gasteiger partial charge on any atom is 0.146 e. The van der Waals surface area contributed by atoms with E-state index in [2.05, 4.69) is 23.8 Å². The molecule has 0 aromatic carbocycles. The minimum atomic E-state index is 0.818. The molecule has 0 N–H and O–H groups in total. The number of fused-ring (bicyclic) bond motifs is 3. The summed E-state index contributed by atoms with van der Waals surface area (Å²) >= 11 is 1.91. The fourth-order valence-electron chi connectivity index (χ4n) is 3.99. The molecule has 0 unspecified atom stereocenters. The van der Waals surface area contributed by atoms with Crippen LogP contribution >= 0.6 is 11.3 Å². The number of thiophene rings is 1. The molecule has 2 aliphatic rings. The standard InChI is InChI=1S/C20H30N4OS/c1-3-4-9-23(2)19-18-15-7-5-6-8-16(15)26-20(18)22-17(21-19)14-24-10-12-25-13-11-24/h3-14H2,1-2H3. The van der Waals surface area contributed by atoms with E-state index in [0.717, 1.165) is 51.0 Å². The highest BCUT2D eigenvalue weighted by molar-refractivity contribution is 7.19. The number of rotatable bonds is 6. The van der Waals surface area contributed by atoms with Gasteiger partial charge in [-0.2, -0.15) is 0 Å². The van der Waals surface area contributed by atoms with Gasteiger partial charge in [0.15, 0.2) is 0 Å². The largest absolute Gasteiger partial charge is 0.379 e. The number of unbranched alkanes of at least 4 members (excludes halogenated alkanes) is 1. The minimum Gasteiger partial charge on any atom is -0.379 e. The fraction of sp³-hybridized carbons (Fsp3) is 0.700. The topological polar surface area (TPSA) is 41.5 Å². The van der Waals surface area contributed by atoms with E-state index >= 15 is 0 Å². The van der Waals surface area contributed by atoms with Crippen molar-refractivity contribution >= 4 is 27.4 Å². The average Bonchev–Trinajstić information content (AvgIpc) is 3.04. The van der Waals surface area contributed by atoms with Gasteiger partial charge in [0, 0.05) is 31.6 Å². The van der Waals surface area contributed by atoms with E-state index in [-0.39, 0.29) is 0 Å². The Hall–Kier alpha value is -1.24. The molecule has 26 heavy (non-hydrogen) atoms. The third-order valence-electron chi connectivity index (χ3n) is 5.52. The first-order chi connectivity index (χ1) is 12.8. The minimum absolute atomic E-state index is 0.818. The molecule has 1 fully saturated rings. The predicted molar refractivity (Wildman–Crippen MR) is 108 cm³/mol. The molecule has 1 aliphatic carbocycles. The van der Waals surface area contributed by atoms with Gasteiger partial charge in [-0.1, -0.05) is 13.3 Å². The maximum atomic E-state index is 5.48. The molecule has 0 atom stereocenters. The Morgan fingerprint density at radius 2 is 1.96 bits per heavy atom. The lowest BCUT2D eigenvalue weighted by Gasteiger charge is -2.26. The molecule has 1 aliphatic heterocycles. The van der Waals surface area contributed by atoms with Gasteiger partial charge < -0.3 is 9.64 Å². The first-order valence-corrected chi connectivity index (χ1v) is 10.9. The van der Waals surface area contributed by atoms with Crippen molar-refractivity contribution in [1.29, 1.82) is 0 Å². The molecule has 0 amide bonds. The lowest BCUT2D eigenvalue weighted by atomic mass is 9.97. The zero-order valence-electron chi connectivity index (χ0n) is 16.1. The second-order valence-electron chi connectivity index (χ2n) is 7.52. The van der Waals surface area contributed by atoms with Crippen LogP contribution in [-0.4, -0.2) is 54.8 Å². The van der Waals surface area contributed by atoms with E-state index in [9.17, 15) is 0 Å². The summed E-state index contributed by atoms with van der Waals surface area (Å²) in [4.78, 5) is 17.6. The number of anilines is 1. The number of morpholine rings is 1. The van der Waals surface area contributed by atoms with Gasteiger partial charge in [-0.15, -0.1) is 11.3 Å². The molecule has 0 spiro atoms. The van der Waals surface area contributed by atoms with Crippen molar-refractivity contribution in [2.24, 2.45) is 0 Å². The predicted octanol–water partition coefficient (Wildman–Crippen LogP) is 3.64. The molecule has 4 rings (SSSR count). The molecular formula is C20H30N4OS. The van der Waals surface area contributed by atoms with Crippen LogP contribution in [-0.2, 0) is 24.1 Å². The van der Waals surface area contributed by atoms with Crippen LogP contribution in [0.15, 0.2) is 0 Å². The van der Waals surface area contributed by atoms with Gasteiger partial charge in [0.2, 0.25) is 0 Å². The number of hydrogen-bond acceptors (Lipinski definition) is 6. The van der Waals surface area contributed by atoms with Gasteiger partial charge in [0.25, 0.3) is 0 Å². The number of aryl methyl sites for hydroxylation is 2. The smallest absolute Gasteiger partial charge is 0.146 e. The Balaban J connectivity index is 1.71.